The molecule has 19 heavy (non-hydrogen) atoms. The Labute approximate surface area is 120 Å². The molecule has 0 radical (unpaired) electrons. The number of nitrogens with zero attached hydrogens (tertiary/aromatic N) is 1. The molecule has 1 aromatic rings. The second-order valence-corrected chi connectivity index (χ2v) is 6.62. The van der Waals surface area contributed by atoms with Crippen molar-refractivity contribution in [3.8, 4) is 0 Å². The molecule has 106 valence electrons. The van der Waals surface area contributed by atoms with Gasteiger partial charge in [0, 0.05) is 24.4 Å². The third kappa shape index (κ3) is 4.64. The van der Waals surface area contributed by atoms with Gasteiger partial charge in [0.05, 0.1) is 0 Å². The highest BCUT2D eigenvalue weighted by molar-refractivity contribution is 7.09. The van der Waals surface area contributed by atoms with E-state index in [-0.39, 0.29) is 0 Å². The summed E-state index contributed by atoms with van der Waals surface area (Å²) in [7, 11) is 2.00. The van der Waals surface area contributed by atoms with E-state index in [1.807, 2.05) is 11.9 Å². The summed E-state index contributed by atoms with van der Waals surface area (Å²) in [6, 6.07) is 4.74. The van der Waals surface area contributed by atoms with Crippen molar-refractivity contribution < 1.29 is 4.79 Å². The molecule has 1 amide bonds. The zero-order valence-electron chi connectivity index (χ0n) is 11.9. The van der Waals surface area contributed by atoms with E-state index in [4.69, 9.17) is 0 Å². The van der Waals surface area contributed by atoms with Crippen LogP contribution in [0.3, 0.4) is 0 Å². The van der Waals surface area contributed by atoms with Gasteiger partial charge in [-0.25, -0.2) is 0 Å². The third-order valence-corrected chi connectivity index (χ3v) is 5.10. The van der Waals surface area contributed by atoms with Crippen LogP contribution < -0.4 is 0 Å². The molecule has 2 nitrogen and oxygen atoms in total. The van der Waals surface area contributed by atoms with Crippen LogP contribution in [0.25, 0.3) is 0 Å². The summed E-state index contributed by atoms with van der Waals surface area (Å²) in [6.07, 6.45) is 10.4. The smallest absolute Gasteiger partial charge is 0.222 e. The number of rotatable bonds is 5. The van der Waals surface area contributed by atoms with Crippen LogP contribution in [0.2, 0.25) is 0 Å². The van der Waals surface area contributed by atoms with E-state index in [9.17, 15) is 4.79 Å². The first-order valence-corrected chi connectivity index (χ1v) is 8.43. The molecule has 3 heteroatoms. The minimum absolute atomic E-state index is 0.337. The largest absolute Gasteiger partial charge is 0.343 e. The second kappa shape index (κ2) is 7.68. The average molecular weight is 279 g/mol. The van der Waals surface area contributed by atoms with Crippen LogP contribution in [0.4, 0.5) is 0 Å². The van der Waals surface area contributed by atoms with Gasteiger partial charge in [0.25, 0.3) is 0 Å². The summed E-state index contributed by atoms with van der Waals surface area (Å²) >= 11 is 1.79. The lowest BCUT2D eigenvalue weighted by Gasteiger charge is -2.27. The zero-order chi connectivity index (χ0) is 13.5. The Morgan fingerprint density at radius 2 is 2.05 bits per heavy atom. The number of amides is 1. The van der Waals surface area contributed by atoms with Crippen LogP contribution in [0.5, 0.6) is 0 Å². The summed E-state index contributed by atoms with van der Waals surface area (Å²) in [6.45, 7) is 0. The Morgan fingerprint density at radius 1 is 1.32 bits per heavy atom. The molecule has 1 saturated carbocycles. The predicted molar refractivity (Wildman–Crippen MR) is 81.5 cm³/mol. The summed E-state index contributed by atoms with van der Waals surface area (Å²) in [5.41, 5.74) is 0. The molecule has 0 aliphatic heterocycles. The molecule has 0 spiro atoms. The number of thiophene rings is 1. The molecule has 1 aliphatic rings. The van der Waals surface area contributed by atoms with Crippen LogP contribution >= 0.6 is 11.3 Å². The maximum Gasteiger partial charge on any atom is 0.222 e. The summed E-state index contributed by atoms with van der Waals surface area (Å²) in [5, 5.41) is 2.11. The van der Waals surface area contributed by atoms with Gasteiger partial charge in [0.15, 0.2) is 0 Å². The van der Waals surface area contributed by atoms with E-state index < -0.39 is 0 Å². The van der Waals surface area contributed by atoms with Gasteiger partial charge in [-0.15, -0.1) is 11.3 Å². The highest BCUT2D eigenvalue weighted by Crippen LogP contribution is 2.22. The van der Waals surface area contributed by atoms with E-state index in [0.717, 1.165) is 12.8 Å². The first-order valence-electron chi connectivity index (χ1n) is 7.55. The first kappa shape index (κ1) is 14.6. The van der Waals surface area contributed by atoms with Crippen LogP contribution in [-0.4, -0.2) is 23.9 Å². The Bertz CT molecular complexity index is 366. The van der Waals surface area contributed by atoms with Gasteiger partial charge in [-0.1, -0.05) is 31.7 Å². The Morgan fingerprint density at radius 3 is 2.68 bits per heavy atom. The van der Waals surface area contributed by atoms with E-state index in [1.54, 1.807) is 11.3 Å². The molecular weight excluding hydrogens is 254 g/mol. The summed E-state index contributed by atoms with van der Waals surface area (Å²) in [4.78, 5) is 15.6. The monoisotopic (exact) mass is 279 g/mol. The van der Waals surface area contributed by atoms with Gasteiger partial charge in [-0.05, 0) is 37.1 Å². The van der Waals surface area contributed by atoms with E-state index in [1.165, 1.54) is 43.4 Å². The van der Waals surface area contributed by atoms with Gasteiger partial charge in [0.2, 0.25) is 5.91 Å². The Hall–Kier alpha value is -0.830. The number of carbonyl (C=O) groups is 1. The minimum atomic E-state index is 0.337. The van der Waals surface area contributed by atoms with E-state index in [2.05, 4.69) is 17.5 Å². The van der Waals surface area contributed by atoms with Crippen molar-refractivity contribution in [2.75, 3.05) is 7.05 Å². The van der Waals surface area contributed by atoms with Crippen molar-refractivity contribution >= 4 is 17.2 Å². The Balaban J connectivity index is 1.72. The topological polar surface area (TPSA) is 20.3 Å². The van der Waals surface area contributed by atoms with Crippen molar-refractivity contribution in [2.24, 2.45) is 0 Å². The van der Waals surface area contributed by atoms with Gasteiger partial charge in [-0.2, -0.15) is 0 Å². The molecule has 0 aromatic carbocycles. The molecule has 1 aromatic heterocycles. The quantitative estimate of drug-likeness (QED) is 0.738. The van der Waals surface area contributed by atoms with Gasteiger partial charge in [0.1, 0.15) is 0 Å². The minimum Gasteiger partial charge on any atom is -0.343 e. The van der Waals surface area contributed by atoms with Gasteiger partial charge < -0.3 is 4.90 Å². The summed E-state index contributed by atoms with van der Waals surface area (Å²) in [5.74, 6) is 0.337. The standard InChI is InChI=1S/C16H25NOS/c1-17(14-8-4-2-3-5-9-14)16(18)12-6-10-15-11-7-13-19-15/h7,11,13-14H,2-6,8-10,12H2,1H3. The third-order valence-electron chi connectivity index (χ3n) is 4.16. The van der Waals surface area contributed by atoms with Crippen LogP contribution in [0.1, 0.15) is 56.2 Å². The number of hydrogen-bond acceptors (Lipinski definition) is 2. The average Bonchev–Trinajstić information content (AvgIpc) is 2.78. The highest BCUT2D eigenvalue weighted by atomic mass is 32.1. The van der Waals surface area contributed by atoms with E-state index in [0.29, 0.717) is 18.4 Å². The molecule has 1 heterocycles. The fourth-order valence-electron chi connectivity index (χ4n) is 2.89. The van der Waals surface area contributed by atoms with Crippen LogP contribution in [0.15, 0.2) is 17.5 Å². The molecule has 0 N–H and O–H groups in total. The molecule has 0 atom stereocenters. The lowest BCUT2D eigenvalue weighted by molar-refractivity contribution is -0.132. The lowest BCUT2D eigenvalue weighted by Crippen LogP contribution is -2.36. The number of carbonyl (C=O) groups excluding carboxylic acids is 1. The van der Waals surface area contributed by atoms with Crippen molar-refractivity contribution in [3.63, 3.8) is 0 Å². The maximum atomic E-state index is 12.2. The van der Waals surface area contributed by atoms with Crippen LogP contribution in [0, 0.1) is 0 Å². The molecule has 0 saturated heterocycles. The maximum absolute atomic E-state index is 12.2. The zero-order valence-corrected chi connectivity index (χ0v) is 12.8. The lowest BCUT2D eigenvalue weighted by atomic mass is 10.1. The van der Waals surface area contributed by atoms with Gasteiger partial charge >= 0.3 is 0 Å². The fourth-order valence-corrected chi connectivity index (χ4v) is 3.65. The van der Waals surface area contributed by atoms with Crippen molar-refractivity contribution in [1.82, 2.24) is 4.90 Å². The highest BCUT2D eigenvalue weighted by Gasteiger charge is 2.20. The number of hydrogen-bond donors (Lipinski definition) is 0. The van der Waals surface area contributed by atoms with Crippen molar-refractivity contribution in [3.05, 3.63) is 22.4 Å². The molecular formula is C16H25NOS. The summed E-state index contributed by atoms with van der Waals surface area (Å²) < 4.78 is 0. The molecule has 1 aliphatic carbocycles. The van der Waals surface area contributed by atoms with Crippen molar-refractivity contribution in [1.29, 1.82) is 0 Å². The molecule has 0 bridgehead atoms. The molecule has 2 rings (SSSR count). The fraction of sp³-hybridized carbons (Fsp3) is 0.688. The molecule has 1 fully saturated rings. The van der Waals surface area contributed by atoms with Crippen LogP contribution in [-0.2, 0) is 11.2 Å². The second-order valence-electron chi connectivity index (χ2n) is 5.58. The molecule has 0 unspecified atom stereocenters. The predicted octanol–water partition coefficient (Wildman–Crippen LogP) is 4.25. The number of aryl methyl sites for hydroxylation is 1. The SMILES string of the molecule is CN(C(=O)CCCc1cccs1)C1CCCCCC1. The van der Waals surface area contributed by atoms with E-state index >= 15 is 0 Å². The first-order chi connectivity index (χ1) is 9.27. The normalized spacial score (nSPS) is 17.1. The Kier molecular flexibility index (Phi) is 5.90. The van der Waals surface area contributed by atoms with Crippen molar-refractivity contribution in [2.45, 2.75) is 63.8 Å². The van der Waals surface area contributed by atoms with Gasteiger partial charge in [-0.3, -0.25) is 4.79 Å².